The lowest BCUT2D eigenvalue weighted by Gasteiger charge is -2.27. The minimum atomic E-state index is -0.751. The van der Waals surface area contributed by atoms with Gasteiger partial charge in [-0.15, -0.1) is 0 Å². The molecule has 5 rings (SSSR count). The predicted molar refractivity (Wildman–Crippen MR) is 113 cm³/mol. The van der Waals surface area contributed by atoms with Crippen LogP contribution in [0.15, 0.2) is 66.7 Å². The lowest BCUT2D eigenvalue weighted by Crippen LogP contribution is -2.40. The molecule has 160 valence electrons. The van der Waals surface area contributed by atoms with E-state index >= 15 is 0 Å². The fourth-order valence-electron chi connectivity index (χ4n) is 5.01. The molecule has 2 bridgehead atoms. The van der Waals surface area contributed by atoms with Gasteiger partial charge in [-0.3, -0.25) is 9.59 Å². The van der Waals surface area contributed by atoms with Crippen molar-refractivity contribution in [3.05, 3.63) is 77.9 Å². The summed E-state index contributed by atoms with van der Waals surface area (Å²) in [5.41, 5.74) is 1.17. The van der Waals surface area contributed by atoms with E-state index in [9.17, 15) is 9.59 Å². The van der Waals surface area contributed by atoms with Crippen LogP contribution >= 0.6 is 0 Å². The van der Waals surface area contributed by atoms with Crippen LogP contribution in [0.4, 0.5) is 0 Å². The standard InChI is InChI=1S/C25H25NO5/c1-16(18-8-10-19(29-2)11-9-18)26-15-25-13-12-20(31-25)21(22(25)23(26)27)24(28)30-14-17-6-4-3-5-7-17/h3-13,16,20-22H,14-15H2,1-2H3/t16-,20+,21-,22-,25+/m1/s1. The lowest BCUT2D eigenvalue weighted by molar-refractivity contribution is -0.155. The number of amides is 1. The van der Waals surface area contributed by atoms with E-state index < -0.39 is 23.5 Å². The number of benzene rings is 2. The van der Waals surface area contributed by atoms with Crippen LogP contribution < -0.4 is 4.74 Å². The van der Waals surface area contributed by atoms with Crippen molar-refractivity contribution in [2.75, 3.05) is 13.7 Å². The second-order valence-corrected chi connectivity index (χ2v) is 8.41. The first-order chi connectivity index (χ1) is 15.0. The summed E-state index contributed by atoms with van der Waals surface area (Å²) in [7, 11) is 1.62. The van der Waals surface area contributed by atoms with E-state index in [1.54, 1.807) is 7.11 Å². The van der Waals surface area contributed by atoms with Crippen LogP contribution in [-0.2, 0) is 25.7 Å². The molecule has 2 fully saturated rings. The summed E-state index contributed by atoms with van der Waals surface area (Å²) in [5, 5.41) is 0. The van der Waals surface area contributed by atoms with Crippen LogP contribution in [0.25, 0.3) is 0 Å². The maximum atomic E-state index is 13.5. The summed E-state index contributed by atoms with van der Waals surface area (Å²) in [6.45, 7) is 2.61. The molecule has 0 aromatic heterocycles. The third-order valence-electron chi connectivity index (χ3n) is 6.69. The zero-order valence-corrected chi connectivity index (χ0v) is 17.6. The van der Waals surface area contributed by atoms with Gasteiger partial charge in [-0.05, 0) is 30.2 Å². The van der Waals surface area contributed by atoms with Crippen molar-refractivity contribution in [1.29, 1.82) is 0 Å². The van der Waals surface area contributed by atoms with Gasteiger partial charge in [0.15, 0.2) is 0 Å². The van der Waals surface area contributed by atoms with E-state index in [1.807, 2.05) is 78.6 Å². The molecule has 2 aromatic carbocycles. The van der Waals surface area contributed by atoms with Crippen molar-refractivity contribution in [2.45, 2.75) is 31.3 Å². The fourth-order valence-corrected chi connectivity index (χ4v) is 5.01. The van der Waals surface area contributed by atoms with E-state index in [1.165, 1.54) is 0 Å². The molecular weight excluding hydrogens is 394 g/mol. The van der Waals surface area contributed by atoms with Crippen LogP contribution in [0.3, 0.4) is 0 Å². The van der Waals surface area contributed by atoms with E-state index in [0.29, 0.717) is 6.54 Å². The van der Waals surface area contributed by atoms with Crippen molar-refractivity contribution in [2.24, 2.45) is 11.8 Å². The van der Waals surface area contributed by atoms with Gasteiger partial charge in [0.1, 0.15) is 23.9 Å². The Labute approximate surface area is 181 Å². The second kappa shape index (κ2) is 7.54. The first-order valence-corrected chi connectivity index (χ1v) is 10.5. The number of methoxy groups -OCH3 is 1. The molecule has 3 aliphatic rings. The largest absolute Gasteiger partial charge is 0.497 e. The molecule has 0 N–H and O–H groups in total. The molecule has 0 aliphatic carbocycles. The lowest BCUT2D eigenvalue weighted by atomic mass is 9.77. The number of rotatable bonds is 6. The summed E-state index contributed by atoms with van der Waals surface area (Å²) >= 11 is 0. The molecule has 0 unspecified atom stereocenters. The number of likely N-dealkylation sites (tertiary alicyclic amines) is 1. The molecule has 3 aliphatic heterocycles. The van der Waals surface area contributed by atoms with Gasteiger partial charge in [-0.1, -0.05) is 54.6 Å². The quantitative estimate of drug-likeness (QED) is 0.531. The molecule has 6 heteroatoms. The highest BCUT2D eigenvalue weighted by Crippen LogP contribution is 2.53. The number of hydrogen-bond acceptors (Lipinski definition) is 5. The molecule has 3 heterocycles. The number of fused-ring (bicyclic) bond motifs is 1. The summed E-state index contributed by atoms with van der Waals surface area (Å²) < 4.78 is 17.0. The van der Waals surface area contributed by atoms with E-state index in [-0.39, 0.29) is 24.5 Å². The highest BCUT2D eigenvalue weighted by molar-refractivity contribution is 5.91. The monoisotopic (exact) mass is 419 g/mol. The van der Waals surface area contributed by atoms with Crippen LogP contribution in [0.5, 0.6) is 5.75 Å². The van der Waals surface area contributed by atoms with E-state index in [2.05, 4.69) is 0 Å². The molecule has 0 saturated carbocycles. The third-order valence-corrected chi connectivity index (χ3v) is 6.69. The number of hydrogen-bond donors (Lipinski definition) is 0. The van der Waals surface area contributed by atoms with Crippen LogP contribution in [0.1, 0.15) is 24.1 Å². The summed E-state index contributed by atoms with van der Waals surface area (Å²) in [6.07, 6.45) is 3.46. The Balaban J connectivity index is 1.34. The van der Waals surface area contributed by atoms with Crippen molar-refractivity contribution in [3.63, 3.8) is 0 Å². The number of ether oxygens (including phenoxy) is 3. The van der Waals surface area contributed by atoms with Crippen LogP contribution in [0, 0.1) is 11.8 Å². The van der Waals surface area contributed by atoms with Crippen molar-refractivity contribution in [3.8, 4) is 5.75 Å². The number of esters is 1. The Morgan fingerprint density at radius 3 is 2.65 bits per heavy atom. The molecule has 0 radical (unpaired) electrons. The van der Waals surface area contributed by atoms with Crippen LogP contribution in [0.2, 0.25) is 0 Å². The molecular formula is C25H25NO5. The Bertz CT molecular complexity index is 1020. The van der Waals surface area contributed by atoms with Gasteiger partial charge in [0, 0.05) is 0 Å². The number of nitrogens with zero attached hydrogens (tertiary/aromatic N) is 1. The van der Waals surface area contributed by atoms with Gasteiger partial charge in [0.05, 0.1) is 31.7 Å². The summed E-state index contributed by atoms with van der Waals surface area (Å²) in [5.74, 6) is -0.833. The highest BCUT2D eigenvalue weighted by atomic mass is 16.6. The van der Waals surface area contributed by atoms with Gasteiger partial charge in [-0.25, -0.2) is 0 Å². The maximum Gasteiger partial charge on any atom is 0.313 e. The summed E-state index contributed by atoms with van der Waals surface area (Å²) in [4.78, 5) is 28.3. The predicted octanol–water partition coefficient (Wildman–Crippen LogP) is 3.28. The van der Waals surface area contributed by atoms with Crippen molar-refractivity contribution in [1.82, 2.24) is 4.90 Å². The first kappa shape index (κ1) is 19.8. The van der Waals surface area contributed by atoms with Gasteiger partial charge in [0.25, 0.3) is 0 Å². The van der Waals surface area contributed by atoms with Gasteiger partial charge in [-0.2, -0.15) is 0 Å². The minimum Gasteiger partial charge on any atom is -0.497 e. The molecule has 6 nitrogen and oxygen atoms in total. The van der Waals surface area contributed by atoms with E-state index in [0.717, 1.165) is 16.9 Å². The molecule has 1 spiro atoms. The normalized spacial score (nSPS) is 29.2. The smallest absolute Gasteiger partial charge is 0.313 e. The summed E-state index contributed by atoms with van der Waals surface area (Å²) in [6, 6.07) is 17.1. The fraction of sp³-hybridized carbons (Fsp3) is 0.360. The van der Waals surface area contributed by atoms with Gasteiger partial charge >= 0.3 is 5.97 Å². The first-order valence-electron chi connectivity index (χ1n) is 10.5. The van der Waals surface area contributed by atoms with Crippen molar-refractivity contribution < 1.29 is 23.8 Å². The molecule has 31 heavy (non-hydrogen) atoms. The second-order valence-electron chi connectivity index (χ2n) is 8.41. The van der Waals surface area contributed by atoms with Crippen molar-refractivity contribution >= 4 is 11.9 Å². The highest BCUT2D eigenvalue weighted by Gasteiger charge is 2.67. The molecule has 1 amide bonds. The molecule has 2 saturated heterocycles. The Morgan fingerprint density at radius 1 is 1.19 bits per heavy atom. The topological polar surface area (TPSA) is 65.1 Å². The zero-order valence-electron chi connectivity index (χ0n) is 17.6. The van der Waals surface area contributed by atoms with Crippen LogP contribution in [-0.4, -0.2) is 42.1 Å². The molecule has 5 atom stereocenters. The Morgan fingerprint density at radius 2 is 1.94 bits per heavy atom. The average molecular weight is 419 g/mol. The van der Waals surface area contributed by atoms with E-state index in [4.69, 9.17) is 14.2 Å². The minimum absolute atomic E-state index is 0.0585. The molecule has 2 aromatic rings. The number of carbonyl (C=O) groups excluding carboxylic acids is 2. The maximum absolute atomic E-state index is 13.5. The van der Waals surface area contributed by atoms with Gasteiger partial charge in [0.2, 0.25) is 5.91 Å². The third kappa shape index (κ3) is 3.22. The Hall–Kier alpha value is -3.12. The number of carbonyl (C=O) groups is 2. The average Bonchev–Trinajstić information content (AvgIpc) is 3.46. The Kier molecular flexibility index (Phi) is 4.82. The zero-order chi connectivity index (χ0) is 21.6. The van der Waals surface area contributed by atoms with Gasteiger partial charge < -0.3 is 19.1 Å². The SMILES string of the molecule is COc1ccc([C@@H](C)N2C[C@]34C=C[C@H](O3)[C@@H](C(=O)OCc3ccccc3)[C@@H]4C2=O)cc1.